The molecule has 0 unspecified atom stereocenters. The zero-order chi connectivity index (χ0) is 21.1. The van der Waals surface area contributed by atoms with E-state index in [0.717, 1.165) is 11.3 Å². The standard InChI is InChI=1S/C20H23Cl2N3O4/c1-12(2)3-18-20(28)29-11-25(18)17(19(26)27)7-16-8-23-10-24(16)9-13-4-14(21)6-15(22)5-13/h4-6,8,10,12,17-18H,3,7,9,11H2,1-2H3,(H,26,27)/t17-,18-/m0/s1. The molecule has 29 heavy (non-hydrogen) atoms. The second-order valence-electron chi connectivity index (χ2n) is 7.60. The van der Waals surface area contributed by atoms with Gasteiger partial charge in [0, 0.05) is 34.9 Å². The number of esters is 1. The molecule has 1 fully saturated rings. The fourth-order valence-corrected chi connectivity index (χ4v) is 4.12. The van der Waals surface area contributed by atoms with E-state index in [1.54, 1.807) is 35.6 Å². The molecule has 1 aromatic heterocycles. The zero-order valence-corrected chi connectivity index (χ0v) is 17.7. The van der Waals surface area contributed by atoms with Gasteiger partial charge in [-0.2, -0.15) is 0 Å². The van der Waals surface area contributed by atoms with E-state index in [4.69, 9.17) is 27.9 Å². The van der Waals surface area contributed by atoms with Crippen molar-refractivity contribution in [2.75, 3.05) is 6.73 Å². The summed E-state index contributed by atoms with van der Waals surface area (Å²) in [6.45, 7) is 4.41. The summed E-state index contributed by atoms with van der Waals surface area (Å²) in [6.07, 6.45) is 4.01. The molecular formula is C20H23Cl2N3O4. The number of hydrogen-bond acceptors (Lipinski definition) is 5. The molecule has 0 saturated carbocycles. The topological polar surface area (TPSA) is 84.7 Å². The maximum Gasteiger partial charge on any atom is 0.324 e. The molecule has 156 valence electrons. The molecule has 0 aliphatic carbocycles. The molecule has 7 nitrogen and oxygen atoms in total. The average molecular weight is 440 g/mol. The monoisotopic (exact) mass is 439 g/mol. The Morgan fingerprint density at radius 3 is 2.62 bits per heavy atom. The molecule has 1 aromatic carbocycles. The number of nitrogens with zero attached hydrogens (tertiary/aromatic N) is 3. The summed E-state index contributed by atoms with van der Waals surface area (Å²) < 4.78 is 7.01. The van der Waals surface area contributed by atoms with Gasteiger partial charge in [-0.05, 0) is 36.1 Å². The van der Waals surface area contributed by atoms with Gasteiger partial charge in [0.1, 0.15) is 18.8 Å². The number of aromatic nitrogens is 2. The van der Waals surface area contributed by atoms with Gasteiger partial charge in [-0.1, -0.05) is 37.0 Å². The van der Waals surface area contributed by atoms with E-state index >= 15 is 0 Å². The Bertz CT molecular complexity index is 879. The van der Waals surface area contributed by atoms with Crippen LogP contribution in [0.25, 0.3) is 0 Å². The predicted octanol–water partition coefficient (Wildman–Crippen LogP) is 3.46. The number of aliphatic carboxylic acids is 1. The van der Waals surface area contributed by atoms with E-state index in [2.05, 4.69) is 4.98 Å². The second kappa shape index (κ2) is 9.15. The molecule has 2 heterocycles. The molecule has 3 rings (SSSR count). The largest absolute Gasteiger partial charge is 0.480 e. The van der Waals surface area contributed by atoms with Crippen LogP contribution in [0.1, 0.15) is 31.5 Å². The van der Waals surface area contributed by atoms with Crippen LogP contribution >= 0.6 is 23.2 Å². The molecular weight excluding hydrogens is 417 g/mol. The summed E-state index contributed by atoms with van der Waals surface area (Å²) >= 11 is 12.1. The number of imidazole rings is 1. The first-order valence-electron chi connectivity index (χ1n) is 9.33. The highest BCUT2D eigenvalue weighted by molar-refractivity contribution is 6.34. The number of ether oxygens (including phenoxy) is 1. The van der Waals surface area contributed by atoms with Gasteiger partial charge in [0.2, 0.25) is 0 Å². The third-order valence-electron chi connectivity index (χ3n) is 4.88. The zero-order valence-electron chi connectivity index (χ0n) is 16.2. The molecule has 2 aromatic rings. The number of halogens is 2. The minimum Gasteiger partial charge on any atom is -0.480 e. The summed E-state index contributed by atoms with van der Waals surface area (Å²) in [5.74, 6) is -1.14. The molecule has 1 aliphatic heterocycles. The van der Waals surface area contributed by atoms with Crippen LogP contribution in [0.2, 0.25) is 10.0 Å². The van der Waals surface area contributed by atoms with Crippen LogP contribution in [0, 0.1) is 5.92 Å². The number of carboxylic acids is 1. The van der Waals surface area contributed by atoms with Gasteiger partial charge < -0.3 is 14.4 Å². The van der Waals surface area contributed by atoms with Crippen molar-refractivity contribution in [1.82, 2.24) is 14.5 Å². The van der Waals surface area contributed by atoms with E-state index in [1.165, 1.54) is 0 Å². The van der Waals surface area contributed by atoms with Crippen molar-refractivity contribution < 1.29 is 19.4 Å². The van der Waals surface area contributed by atoms with Crippen LogP contribution in [0.5, 0.6) is 0 Å². The van der Waals surface area contributed by atoms with E-state index in [0.29, 0.717) is 23.0 Å². The molecule has 0 bridgehead atoms. The van der Waals surface area contributed by atoms with Gasteiger partial charge in [-0.25, -0.2) is 9.88 Å². The average Bonchev–Trinajstić information content (AvgIpc) is 3.18. The Morgan fingerprint density at radius 2 is 2.00 bits per heavy atom. The summed E-state index contributed by atoms with van der Waals surface area (Å²) in [6, 6.07) is 3.80. The fraction of sp³-hybridized carbons (Fsp3) is 0.450. The lowest BCUT2D eigenvalue weighted by molar-refractivity contribution is -0.144. The van der Waals surface area contributed by atoms with Crippen molar-refractivity contribution in [3.05, 3.63) is 52.0 Å². The van der Waals surface area contributed by atoms with E-state index in [-0.39, 0.29) is 25.0 Å². The number of carbonyl (C=O) groups is 2. The van der Waals surface area contributed by atoms with Crippen LogP contribution in [0.4, 0.5) is 0 Å². The van der Waals surface area contributed by atoms with Crippen molar-refractivity contribution in [1.29, 1.82) is 0 Å². The Morgan fingerprint density at radius 1 is 1.31 bits per heavy atom. The predicted molar refractivity (Wildman–Crippen MR) is 109 cm³/mol. The second-order valence-corrected chi connectivity index (χ2v) is 8.47. The van der Waals surface area contributed by atoms with Gasteiger partial charge in [0.25, 0.3) is 0 Å². The normalized spacial score (nSPS) is 18.2. The lowest BCUT2D eigenvalue weighted by Gasteiger charge is -2.27. The number of carboxylic acid groups (broad SMARTS) is 1. The lowest BCUT2D eigenvalue weighted by Crippen LogP contribution is -2.47. The van der Waals surface area contributed by atoms with E-state index in [1.807, 2.05) is 18.4 Å². The van der Waals surface area contributed by atoms with Crippen molar-refractivity contribution in [2.24, 2.45) is 5.92 Å². The van der Waals surface area contributed by atoms with Gasteiger partial charge in [0.15, 0.2) is 0 Å². The highest BCUT2D eigenvalue weighted by Gasteiger charge is 2.42. The molecule has 1 aliphatic rings. The van der Waals surface area contributed by atoms with Crippen LogP contribution in [0.3, 0.4) is 0 Å². The fourth-order valence-electron chi connectivity index (χ4n) is 3.55. The quantitative estimate of drug-likeness (QED) is 0.633. The first-order chi connectivity index (χ1) is 13.7. The van der Waals surface area contributed by atoms with Crippen molar-refractivity contribution in [2.45, 2.75) is 45.3 Å². The molecule has 0 spiro atoms. The van der Waals surface area contributed by atoms with Crippen LogP contribution < -0.4 is 0 Å². The van der Waals surface area contributed by atoms with E-state index in [9.17, 15) is 14.7 Å². The van der Waals surface area contributed by atoms with Crippen molar-refractivity contribution >= 4 is 35.1 Å². The third kappa shape index (κ3) is 5.29. The van der Waals surface area contributed by atoms with Gasteiger partial charge in [0.05, 0.1) is 6.33 Å². The maximum absolute atomic E-state index is 12.1. The lowest BCUT2D eigenvalue weighted by atomic mass is 10.0. The Balaban J connectivity index is 1.81. The van der Waals surface area contributed by atoms with Gasteiger partial charge >= 0.3 is 11.9 Å². The third-order valence-corrected chi connectivity index (χ3v) is 5.32. The number of cyclic esters (lactones) is 1. The maximum atomic E-state index is 12.1. The van der Waals surface area contributed by atoms with Gasteiger partial charge in [-0.3, -0.25) is 9.59 Å². The molecule has 1 N–H and O–H groups in total. The minimum atomic E-state index is -1.00. The van der Waals surface area contributed by atoms with Crippen LogP contribution in [0.15, 0.2) is 30.7 Å². The van der Waals surface area contributed by atoms with Crippen LogP contribution in [-0.2, 0) is 27.3 Å². The van der Waals surface area contributed by atoms with Crippen molar-refractivity contribution in [3.63, 3.8) is 0 Å². The first-order valence-corrected chi connectivity index (χ1v) is 10.1. The molecule has 1 saturated heterocycles. The first kappa shape index (κ1) is 21.6. The van der Waals surface area contributed by atoms with Gasteiger partial charge in [-0.15, -0.1) is 0 Å². The molecule has 2 atom stereocenters. The summed E-state index contributed by atoms with van der Waals surface area (Å²) in [4.78, 5) is 30.0. The van der Waals surface area contributed by atoms with E-state index < -0.39 is 18.1 Å². The number of hydrogen-bond donors (Lipinski definition) is 1. The summed E-state index contributed by atoms with van der Waals surface area (Å²) in [7, 11) is 0. The number of carbonyl (C=O) groups excluding carboxylic acids is 1. The SMILES string of the molecule is CC(C)C[C@H]1C(=O)OCN1[C@@H](Cc1cncn1Cc1cc(Cl)cc(Cl)c1)C(=O)O. The molecule has 9 heteroatoms. The molecule has 0 amide bonds. The summed E-state index contributed by atoms with van der Waals surface area (Å²) in [5, 5.41) is 10.9. The van der Waals surface area contributed by atoms with Crippen molar-refractivity contribution in [3.8, 4) is 0 Å². The smallest absolute Gasteiger partial charge is 0.324 e. The van der Waals surface area contributed by atoms with Crippen LogP contribution in [-0.4, -0.2) is 50.3 Å². The highest BCUT2D eigenvalue weighted by atomic mass is 35.5. The minimum absolute atomic E-state index is 0.0226. The Kier molecular flexibility index (Phi) is 6.82. The Hall–Kier alpha value is -2.09. The molecule has 0 radical (unpaired) electrons. The summed E-state index contributed by atoms with van der Waals surface area (Å²) in [5.41, 5.74) is 1.61. The Labute approximate surface area is 179 Å². The number of rotatable bonds is 8. The number of benzene rings is 1. The highest BCUT2D eigenvalue weighted by Crippen LogP contribution is 2.24.